The van der Waals surface area contributed by atoms with Crippen molar-refractivity contribution >= 4 is 0 Å². The minimum atomic E-state index is 0.750. The molecule has 168 valence electrons. The lowest BCUT2D eigenvalue weighted by Crippen LogP contribution is -1.90. The summed E-state index contributed by atoms with van der Waals surface area (Å²) in [5.41, 5.74) is 0.750. The molecule has 2 saturated carbocycles. The van der Waals surface area contributed by atoms with Crippen LogP contribution in [-0.2, 0) is 0 Å². The third-order valence-electron chi connectivity index (χ3n) is 2.96. The van der Waals surface area contributed by atoms with Gasteiger partial charge in [-0.05, 0) is 17.8 Å². The van der Waals surface area contributed by atoms with Gasteiger partial charge in [-0.1, -0.05) is 142 Å². The number of rotatable bonds is 1. The molecule has 0 aromatic rings. The Kier molecular flexibility index (Phi) is 97.1. The predicted molar refractivity (Wildman–Crippen MR) is 135 cm³/mol. The Morgan fingerprint density at radius 2 is 0.808 bits per heavy atom. The van der Waals surface area contributed by atoms with Crippen LogP contribution in [0.1, 0.15) is 149 Å². The van der Waals surface area contributed by atoms with Gasteiger partial charge < -0.3 is 0 Å². The van der Waals surface area contributed by atoms with Crippen LogP contribution in [-0.4, -0.2) is 0 Å². The molecule has 0 heterocycles. The first-order chi connectivity index (χ1) is 12.5. The van der Waals surface area contributed by atoms with E-state index < -0.39 is 0 Å². The second-order valence-corrected chi connectivity index (χ2v) is 5.59. The molecular formula is C26H64. The SMILES string of the molecule is C1CC1.C=C.CC.CC.CC.CC.CCC.CCC.CCC1(C)CC1C. The van der Waals surface area contributed by atoms with Gasteiger partial charge in [0.15, 0.2) is 0 Å². The maximum atomic E-state index is 3.00. The fourth-order valence-corrected chi connectivity index (χ4v) is 1.13. The van der Waals surface area contributed by atoms with Crippen LogP contribution in [0.25, 0.3) is 0 Å². The van der Waals surface area contributed by atoms with E-state index in [1.165, 1.54) is 44.9 Å². The van der Waals surface area contributed by atoms with Crippen LogP contribution in [0.5, 0.6) is 0 Å². The molecule has 2 rings (SSSR count). The summed E-state index contributed by atoms with van der Waals surface area (Å²) in [5, 5.41) is 0. The molecule has 2 unspecified atom stereocenters. The predicted octanol–water partition coefficient (Wildman–Crippen LogP) is 11.4. The van der Waals surface area contributed by atoms with E-state index in [9.17, 15) is 0 Å². The monoisotopic (exact) mass is 377 g/mol. The minimum Gasteiger partial charge on any atom is -0.106 e. The Morgan fingerprint density at radius 3 is 0.808 bits per heavy atom. The molecule has 0 N–H and O–H groups in total. The summed E-state index contributed by atoms with van der Waals surface area (Å²) in [6.07, 6.45) is 9.83. The summed E-state index contributed by atoms with van der Waals surface area (Å²) < 4.78 is 0. The van der Waals surface area contributed by atoms with Crippen molar-refractivity contribution in [2.75, 3.05) is 0 Å². The molecule has 0 heteroatoms. The quantitative estimate of drug-likeness (QED) is 0.399. The van der Waals surface area contributed by atoms with Crippen LogP contribution >= 0.6 is 0 Å². The summed E-state index contributed by atoms with van der Waals surface area (Å²) in [6.45, 7) is 37.5. The fraction of sp³-hybridized carbons (Fsp3) is 0.923. The lowest BCUT2D eigenvalue weighted by molar-refractivity contribution is 0.502. The molecule has 0 bridgehead atoms. The highest BCUT2D eigenvalue weighted by Crippen LogP contribution is 2.53. The van der Waals surface area contributed by atoms with Crippen LogP contribution in [0.15, 0.2) is 13.2 Å². The Labute approximate surface area is 173 Å². The molecule has 0 saturated heterocycles. The normalized spacial score (nSPS) is 18.5. The third kappa shape index (κ3) is 75.6. The van der Waals surface area contributed by atoms with Gasteiger partial charge in [-0.25, -0.2) is 0 Å². The molecule has 0 aromatic heterocycles. The average Bonchev–Trinajstić information content (AvgIpc) is 3.65. The van der Waals surface area contributed by atoms with E-state index >= 15 is 0 Å². The molecule has 26 heavy (non-hydrogen) atoms. The summed E-state index contributed by atoms with van der Waals surface area (Å²) in [6, 6.07) is 0. The van der Waals surface area contributed by atoms with Gasteiger partial charge in [-0.3, -0.25) is 0 Å². The van der Waals surface area contributed by atoms with E-state index in [1.54, 1.807) is 0 Å². The highest BCUT2D eigenvalue weighted by Gasteiger charge is 2.44. The molecular weight excluding hydrogens is 312 g/mol. The first kappa shape index (κ1) is 44.9. The minimum absolute atomic E-state index is 0.750. The van der Waals surface area contributed by atoms with Crippen LogP contribution in [0.3, 0.4) is 0 Å². The second-order valence-electron chi connectivity index (χ2n) is 5.59. The largest absolute Gasteiger partial charge is 0.106 e. The molecule has 2 atom stereocenters. The van der Waals surface area contributed by atoms with Crippen LogP contribution in [0.2, 0.25) is 0 Å². The number of hydrogen-bond acceptors (Lipinski definition) is 0. The summed E-state index contributed by atoms with van der Waals surface area (Å²) in [4.78, 5) is 0. The van der Waals surface area contributed by atoms with E-state index in [-0.39, 0.29) is 0 Å². The van der Waals surface area contributed by atoms with Crippen molar-refractivity contribution in [1.82, 2.24) is 0 Å². The van der Waals surface area contributed by atoms with E-state index in [1.807, 2.05) is 55.4 Å². The van der Waals surface area contributed by atoms with Gasteiger partial charge >= 0.3 is 0 Å². The molecule has 0 nitrogen and oxygen atoms in total. The van der Waals surface area contributed by atoms with E-state index in [4.69, 9.17) is 0 Å². The Morgan fingerprint density at radius 1 is 0.654 bits per heavy atom. The smallest absolute Gasteiger partial charge is 0.0300 e. The summed E-state index contributed by atoms with van der Waals surface area (Å²) >= 11 is 0. The second kappa shape index (κ2) is 56.3. The average molecular weight is 377 g/mol. The van der Waals surface area contributed by atoms with E-state index in [0.717, 1.165) is 11.3 Å². The highest BCUT2D eigenvalue weighted by molar-refractivity contribution is 4.94. The van der Waals surface area contributed by atoms with Crippen molar-refractivity contribution in [2.24, 2.45) is 11.3 Å². The van der Waals surface area contributed by atoms with Gasteiger partial charge in [-0.2, -0.15) is 0 Å². The van der Waals surface area contributed by atoms with Crippen LogP contribution < -0.4 is 0 Å². The molecule has 0 amide bonds. The molecule has 0 aromatic carbocycles. The maximum Gasteiger partial charge on any atom is -0.0300 e. The van der Waals surface area contributed by atoms with Crippen molar-refractivity contribution in [2.45, 2.75) is 149 Å². The van der Waals surface area contributed by atoms with Gasteiger partial charge in [-0.15, -0.1) is 13.2 Å². The van der Waals surface area contributed by atoms with Gasteiger partial charge in [0.1, 0.15) is 0 Å². The van der Waals surface area contributed by atoms with Gasteiger partial charge in [0.2, 0.25) is 0 Å². The zero-order chi connectivity index (χ0) is 23.0. The van der Waals surface area contributed by atoms with Crippen molar-refractivity contribution < 1.29 is 0 Å². The van der Waals surface area contributed by atoms with Gasteiger partial charge in [0, 0.05) is 0 Å². The molecule has 0 spiro atoms. The van der Waals surface area contributed by atoms with Crippen molar-refractivity contribution in [3.8, 4) is 0 Å². The molecule has 0 radical (unpaired) electrons. The van der Waals surface area contributed by atoms with Crippen LogP contribution in [0.4, 0.5) is 0 Å². The third-order valence-corrected chi connectivity index (χ3v) is 2.96. The fourth-order valence-electron chi connectivity index (χ4n) is 1.13. The van der Waals surface area contributed by atoms with Gasteiger partial charge in [0.05, 0.1) is 0 Å². The summed E-state index contributed by atoms with van der Waals surface area (Å²) in [5.74, 6) is 1.01. The Hall–Kier alpha value is -0.260. The molecule has 2 aliphatic carbocycles. The number of hydrogen-bond donors (Lipinski definition) is 0. The van der Waals surface area contributed by atoms with E-state index in [2.05, 4.69) is 61.6 Å². The molecule has 2 aliphatic rings. The standard InChI is InChI=1S/C7H14.C3H6.2C3H8.4C2H6.C2H4/c1-4-7(3)5-6(7)2;1-2-3-1;2*1-3-2;5*1-2/h6H,4-5H2,1-3H3;1-3H2;2*3H2,1-2H3;4*1-2H3;1-2H2. The highest BCUT2D eigenvalue weighted by atomic mass is 14.5. The zero-order valence-electron chi connectivity index (χ0n) is 22.4. The Balaban J connectivity index is -0.0000000335. The first-order valence-electron chi connectivity index (χ1n) is 12.0. The van der Waals surface area contributed by atoms with Crippen molar-refractivity contribution in [1.29, 1.82) is 0 Å². The topological polar surface area (TPSA) is 0 Å². The lowest BCUT2D eigenvalue weighted by atomic mass is 10.0. The van der Waals surface area contributed by atoms with Crippen LogP contribution in [0, 0.1) is 11.3 Å². The zero-order valence-corrected chi connectivity index (χ0v) is 22.4. The van der Waals surface area contributed by atoms with Gasteiger partial charge in [0.25, 0.3) is 0 Å². The molecule has 2 fully saturated rings. The van der Waals surface area contributed by atoms with E-state index in [0.29, 0.717) is 0 Å². The maximum absolute atomic E-state index is 3.00. The molecule has 0 aliphatic heterocycles. The summed E-state index contributed by atoms with van der Waals surface area (Å²) in [7, 11) is 0. The van der Waals surface area contributed by atoms with Crippen molar-refractivity contribution in [3.63, 3.8) is 0 Å². The first-order valence-corrected chi connectivity index (χ1v) is 12.0. The lowest BCUT2D eigenvalue weighted by Gasteiger charge is -2.00. The van der Waals surface area contributed by atoms with Crippen molar-refractivity contribution in [3.05, 3.63) is 13.2 Å². The Bertz CT molecular complexity index is 128.